The Morgan fingerprint density at radius 3 is 2.38 bits per heavy atom. The molecule has 1 heterocycles. The Labute approximate surface area is 195 Å². The van der Waals surface area contributed by atoms with E-state index in [0.29, 0.717) is 11.1 Å². The Balaban J connectivity index is 0.00000432. The number of nitriles is 1. The average molecular weight is 459 g/mol. The first-order valence-electron chi connectivity index (χ1n) is 10.00. The summed E-state index contributed by atoms with van der Waals surface area (Å²) in [7, 11) is 0. The van der Waals surface area contributed by atoms with E-state index in [1.54, 1.807) is 19.1 Å². The maximum atomic E-state index is 12.8. The topological polar surface area (TPSA) is 176 Å². The number of nitrogens with zero attached hydrogens (tertiary/aromatic N) is 2. The van der Waals surface area contributed by atoms with Gasteiger partial charge >= 0.3 is 5.97 Å². The highest BCUT2D eigenvalue weighted by Gasteiger charge is 2.22. The zero-order chi connectivity index (χ0) is 24.8. The zero-order valence-corrected chi connectivity index (χ0v) is 17.9. The molecule has 0 aliphatic carbocycles. The van der Waals surface area contributed by atoms with E-state index >= 15 is 0 Å². The van der Waals surface area contributed by atoms with Crippen LogP contribution in [0.25, 0.3) is 11.1 Å². The lowest BCUT2D eigenvalue weighted by atomic mass is 9.98. The molecule has 34 heavy (non-hydrogen) atoms. The van der Waals surface area contributed by atoms with Crippen LogP contribution in [-0.4, -0.2) is 38.7 Å². The summed E-state index contributed by atoms with van der Waals surface area (Å²) >= 11 is 0. The quantitative estimate of drug-likeness (QED) is 0.335. The van der Waals surface area contributed by atoms with Crippen molar-refractivity contribution in [2.75, 3.05) is 10.6 Å². The third-order valence-corrected chi connectivity index (χ3v) is 4.85. The molecule has 2 amide bonds. The predicted octanol–water partition coefficient (Wildman–Crippen LogP) is 3.63. The number of phenols is 1. The van der Waals surface area contributed by atoms with E-state index in [1.165, 1.54) is 36.7 Å². The van der Waals surface area contributed by atoms with Crippen molar-refractivity contribution in [1.82, 2.24) is 4.98 Å². The molecular weight excluding hydrogens is 438 g/mol. The number of hydrogen-bond donors (Lipinski definition) is 5. The van der Waals surface area contributed by atoms with Crippen molar-refractivity contribution < 1.29 is 26.0 Å². The van der Waals surface area contributed by atoms with Crippen molar-refractivity contribution in [3.63, 3.8) is 0 Å². The molecule has 172 valence electrons. The molecule has 0 fully saturated rings. The molecule has 10 nitrogen and oxygen atoms in total. The van der Waals surface area contributed by atoms with Gasteiger partial charge in [0, 0.05) is 37.4 Å². The van der Waals surface area contributed by atoms with Gasteiger partial charge in [-0.2, -0.15) is 5.26 Å². The van der Waals surface area contributed by atoms with Crippen molar-refractivity contribution in [2.45, 2.75) is 13.3 Å². The summed E-state index contributed by atoms with van der Waals surface area (Å²) in [6.45, 7) is 1.67. The van der Waals surface area contributed by atoms with Gasteiger partial charge < -0.3 is 20.8 Å². The van der Waals surface area contributed by atoms with Gasteiger partial charge in [0.25, 0.3) is 5.91 Å². The lowest BCUT2D eigenvalue weighted by molar-refractivity contribution is -0.116. The molecule has 1 aromatic heterocycles. The molecular formula is C24H21N5O5. The van der Waals surface area contributed by atoms with Gasteiger partial charge in [0.2, 0.25) is 5.91 Å². The number of anilines is 2. The van der Waals surface area contributed by atoms with Crippen LogP contribution in [-0.2, 0) is 9.59 Å². The summed E-state index contributed by atoms with van der Waals surface area (Å²) < 4.78 is 0. The highest BCUT2D eigenvalue weighted by Crippen LogP contribution is 2.34. The minimum absolute atomic E-state index is 0. The Morgan fingerprint density at radius 2 is 1.76 bits per heavy atom. The number of carbonyl (C=O) groups is 3. The third-order valence-electron chi connectivity index (χ3n) is 4.85. The molecule has 3 rings (SSSR count). The van der Waals surface area contributed by atoms with Crippen LogP contribution in [0.15, 0.2) is 54.9 Å². The Kier molecular flexibility index (Phi) is 6.98. The van der Waals surface area contributed by atoms with Crippen LogP contribution in [0.4, 0.5) is 11.4 Å². The standard InChI is InChI=1S/C24H19N5O5.H2/c1-2-21(31)28-19-11-20(30)17(10-15(19)14-5-7-27-8-6-14)22(26)23(32)29-18-4-3-13(12-25)9-16(18)24(33)34;/h3-11,26,30H,2H2,1H3,(H,28,31)(H,29,32)(H,33,34);1H. The van der Waals surface area contributed by atoms with E-state index < -0.39 is 23.3 Å². The van der Waals surface area contributed by atoms with Gasteiger partial charge in [0.05, 0.1) is 28.6 Å². The largest absolute Gasteiger partial charge is 0.507 e. The maximum absolute atomic E-state index is 12.8. The molecule has 0 unspecified atom stereocenters. The number of pyridine rings is 1. The molecule has 0 atom stereocenters. The lowest BCUT2D eigenvalue weighted by Crippen LogP contribution is -2.24. The second kappa shape index (κ2) is 10.1. The highest BCUT2D eigenvalue weighted by atomic mass is 16.4. The van der Waals surface area contributed by atoms with Crippen molar-refractivity contribution >= 4 is 34.9 Å². The van der Waals surface area contributed by atoms with E-state index in [9.17, 15) is 24.6 Å². The van der Waals surface area contributed by atoms with Gasteiger partial charge in [-0.3, -0.25) is 20.0 Å². The SMILES string of the molecule is CCC(=O)Nc1cc(O)c(C(=N)C(=O)Nc2ccc(C#N)cc2C(=O)O)cc1-c1ccncc1.[HH]. The van der Waals surface area contributed by atoms with E-state index in [4.69, 9.17) is 10.7 Å². The summed E-state index contributed by atoms with van der Waals surface area (Å²) in [5.74, 6) is -3.06. The fourth-order valence-corrected chi connectivity index (χ4v) is 3.11. The van der Waals surface area contributed by atoms with Crippen molar-refractivity contribution in [3.8, 4) is 22.9 Å². The van der Waals surface area contributed by atoms with Gasteiger partial charge in [-0.25, -0.2) is 4.79 Å². The molecule has 0 radical (unpaired) electrons. The molecule has 0 saturated carbocycles. The van der Waals surface area contributed by atoms with Gasteiger partial charge in [-0.05, 0) is 42.0 Å². The van der Waals surface area contributed by atoms with E-state index in [-0.39, 0.29) is 41.8 Å². The number of rotatable bonds is 7. The number of aromatic carboxylic acids is 1. The smallest absolute Gasteiger partial charge is 0.337 e. The fraction of sp³-hybridized carbons (Fsp3) is 0.0833. The number of hydrogen-bond acceptors (Lipinski definition) is 7. The summed E-state index contributed by atoms with van der Waals surface area (Å²) in [4.78, 5) is 40.2. The second-order valence-electron chi connectivity index (χ2n) is 7.06. The minimum atomic E-state index is -1.36. The number of carboxylic acid groups (broad SMARTS) is 1. The molecule has 2 aromatic carbocycles. The Morgan fingerprint density at radius 1 is 1.06 bits per heavy atom. The number of amides is 2. The van der Waals surface area contributed by atoms with E-state index in [1.807, 2.05) is 6.07 Å². The molecule has 3 aromatic rings. The number of nitrogens with one attached hydrogen (secondary N) is 3. The minimum Gasteiger partial charge on any atom is -0.507 e. The zero-order valence-electron chi connectivity index (χ0n) is 17.9. The van der Waals surface area contributed by atoms with Crippen LogP contribution >= 0.6 is 0 Å². The number of carboxylic acids is 1. The predicted molar refractivity (Wildman–Crippen MR) is 126 cm³/mol. The number of carbonyl (C=O) groups excluding carboxylic acids is 2. The van der Waals surface area contributed by atoms with Crippen LogP contribution in [0, 0.1) is 16.7 Å². The van der Waals surface area contributed by atoms with E-state index in [0.717, 1.165) is 6.07 Å². The van der Waals surface area contributed by atoms with Gasteiger partial charge in [0.15, 0.2) is 0 Å². The average Bonchev–Trinajstić information content (AvgIpc) is 2.84. The molecule has 5 N–H and O–H groups in total. The first-order chi connectivity index (χ1) is 16.2. The first kappa shape index (κ1) is 23.6. The van der Waals surface area contributed by atoms with Crippen molar-refractivity contribution in [3.05, 3.63) is 71.5 Å². The van der Waals surface area contributed by atoms with Crippen LogP contribution in [0.5, 0.6) is 5.75 Å². The summed E-state index contributed by atoms with van der Waals surface area (Å²) in [6.07, 6.45) is 3.26. The molecule has 0 saturated heterocycles. The van der Waals surface area contributed by atoms with Crippen LogP contribution < -0.4 is 10.6 Å². The molecule has 0 aliphatic rings. The summed E-state index contributed by atoms with van der Waals surface area (Å²) in [6, 6.07) is 11.5. The number of phenolic OH excluding ortho intramolecular Hbond substituents is 1. The van der Waals surface area contributed by atoms with Gasteiger partial charge in [-0.1, -0.05) is 6.92 Å². The summed E-state index contributed by atoms with van der Waals surface area (Å²) in [5.41, 5.74) is 0.241. The Hall–Kier alpha value is -5.04. The van der Waals surface area contributed by atoms with E-state index in [2.05, 4.69) is 15.6 Å². The molecule has 10 heteroatoms. The van der Waals surface area contributed by atoms with Crippen LogP contribution in [0.1, 0.15) is 36.3 Å². The van der Waals surface area contributed by atoms with Gasteiger partial charge in [0.1, 0.15) is 11.5 Å². The van der Waals surface area contributed by atoms with Crippen molar-refractivity contribution in [1.29, 1.82) is 10.7 Å². The highest BCUT2D eigenvalue weighted by molar-refractivity contribution is 6.48. The van der Waals surface area contributed by atoms with Crippen LogP contribution in [0.3, 0.4) is 0 Å². The normalized spacial score (nSPS) is 10.1. The number of benzene rings is 2. The first-order valence-corrected chi connectivity index (χ1v) is 10.00. The molecule has 0 aliphatic heterocycles. The number of aromatic nitrogens is 1. The second-order valence-corrected chi connectivity index (χ2v) is 7.06. The monoisotopic (exact) mass is 459 g/mol. The Bertz CT molecular complexity index is 1350. The number of aromatic hydroxyl groups is 1. The summed E-state index contributed by atoms with van der Waals surface area (Å²) in [5, 5.41) is 42.2. The molecule has 0 spiro atoms. The van der Waals surface area contributed by atoms with Gasteiger partial charge in [-0.15, -0.1) is 0 Å². The lowest BCUT2D eigenvalue weighted by Gasteiger charge is -2.16. The maximum Gasteiger partial charge on any atom is 0.337 e. The molecule has 0 bridgehead atoms. The van der Waals surface area contributed by atoms with Crippen molar-refractivity contribution in [2.24, 2.45) is 0 Å². The van der Waals surface area contributed by atoms with Crippen LogP contribution in [0.2, 0.25) is 0 Å². The third kappa shape index (κ3) is 5.05. The fourth-order valence-electron chi connectivity index (χ4n) is 3.11.